The van der Waals surface area contributed by atoms with Crippen molar-refractivity contribution in [2.24, 2.45) is 10.9 Å². The average Bonchev–Trinajstić information content (AvgIpc) is 3.00. The van der Waals surface area contributed by atoms with Crippen molar-refractivity contribution in [1.29, 1.82) is 0 Å². The van der Waals surface area contributed by atoms with Gasteiger partial charge >= 0.3 is 7.48 Å². The number of fused-ring (bicyclic) bond motifs is 1. The fourth-order valence-corrected chi connectivity index (χ4v) is 1.84. The Kier molecular flexibility index (Phi) is 2.06. The highest BCUT2D eigenvalue weighted by atomic mass is 16.7. The van der Waals surface area contributed by atoms with Crippen LogP contribution in [0.2, 0.25) is 0 Å². The Morgan fingerprint density at radius 2 is 2.33 bits per heavy atom. The number of amidine groups is 1. The zero-order valence-electron chi connectivity index (χ0n) is 8.31. The third kappa shape index (κ3) is 1.67. The normalized spacial score (nSPS) is 31.3. The minimum atomic E-state index is 0.175. The minimum absolute atomic E-state index is 0.175. The summed E-state index contributed by atoms with van der Waals surface area (Å²) in [6.07, 6.45) is 6.89. The highest BCUT2D eigenvalue weighted by molar-refractivity contribution is 6.36. The monoisotopic (exact) mass is 203 g/mol. The van der Waals surface area contributed by atoms with E-state index in [4.69, 9.17) is 9.86 Å². The van der Waals surface area contributed by atoms with Crippen LogP contribution in [-0.2, 0) is 4.84 Å². The van der Waals surface area contributed by atoms with Crippen molar-refractivity contribution < 1.29 is 9.86 Å². The molecule has 2 fully saturated rings. The van der Waals surface area contributed by atoms with Crippen molar-refractivity contribution in [3.8, 4) is 0 Å². The maximum atomic E-state index is 8.97. The SMILES string of the molecule is O[B]C1=CC=C2ONC(=NC3CC3)C2C1. The summed E-state index contributed by atoms with van der Waals surface area (Å²) >= 11 is 0. The minimum Gasteiger partial charge on any atom is -0.450 e. The molecule has 3 aliphatic rings. The van der Waals surface area contributed by atoms with Gasteiger partial charge in [0, 0.05) is 0 Å². The molecule has 0 spiro atoms. The van der Waals surface area contributed by atoms with Crippen molar-refractivity contribution in [3.05, 3.63) is 23.4 Å². The fourth-order valence-electron chi connectivity index (χ4n) is 1.84. The van der Waals surface area contributed by atoms with Gasteiger partial charge in [0.05, 0.1) is 12.0 Å². The number of hydroxylamine groups is 1. The van der Waals surface area contributed by atoms with Crippen LogP contribution in [0, 0.1) is 5.92 Å². The molecule has 0 aromatic carbocycles. The van der Waals surface area contributed by atoms with Gasteiger partial charge in [-0.3, -0.25) is 4.99 Å². The number of allylic oxidation sites excluding steroid dienone is 3. The van der Waals surface area contributed by atoms with E-state index in [1.807, 2.05) is 12.2 Å². The van der Waals surface area contributed by atoms with Gasteiger partial charge in [0.1, 0.15) is 11.6 Å². The van der Waals surface area contributed by atoms with E-state index in [1.54, 1.807) is 0 Å². The van der Waals surface area contributed by atoms with Gasteiger partial charge < -0.3 is 9.86 Å². The van der Waals surface area contributed by atoms with E-state index in [2.05, 4.69) is 10.5 Å². The predicted octanol–water partition coefficient (Wildman–Crippen LogP) is 0.481. The quantitative estimate of drug-likeness (QED) is 0.641. The second-order valence-electron chi connectivity index (χ2n) is 4.15. The van der Waals surface area contributed by atoms with E-state index in [-0.39, 0.29) is 5.92 Å². The van der Waals surface area contributed by atoms with Gasteiger partial charge in [-0.2, -0.15) is 0 Å². The Bertz CT molecular complexity index is 372. The lowest BCUT2D eigenvalue weighted by atomic mass is 9.77. The number of nitrogens with zero attached hydrogens (tertiary/aromatic N) is 1. The van der Waals surface area contributed by atoms with Crippen LogP contribution >= 0.6 is 0 Å². The number of rotatable bonds is 2. The number of nitrogens with one attached hydrogen (secondary N) is 1. The lowest BCUT2D eigenvalue weighted by molar-refractivity contribution is 0.176. The van der Waals surface area contributed by atoms with E-state index in [0.717, 1.165) is 31.0 Å². The Balaban J connectivity index is 1.81. The van der Waals surface area contributed by atoms with Crippen molar-refractivity contribution in [3.63, 3.8) is 0 Å². The topological polar surface area (TPSA) is 53.9 Å². The van der Waals surface area contributed by atoms with Crippen molar-refractivity contribution in [1.82, 2.24) is 5.48 Å². The summed E-state index contributed by atoms with van der Waals surface area (Å²) in [6, 6.07) is 0.489. The molecule has 0 aromatic rings. The zero-order valence-corrected chi connectivity index (χ0v) is 8.31. The summed E-state index contributed by atoms with van der Waals surface area (Å²) < 4.78 is 0. The first-order chi connectivity index (χ1) is 7.36. The highest BCUT2D eigenvalue weighted by Gasteiger charge is 2.34. The first-order valence-corrected chi connectivity index (χ1v) is 5.25. The number of hydrogen-bond donors (Lipinski definition) is 2. The maximum Gasteiger partial charge on any atom is 0.322 e. The molecule has 1 atom stereocenters. The second kappa shape index (κ2) is 3.41. The molecule has 1 unspecified atom stereocenters. The molecular weight excluding hydrogens is 191 g/mol. The third-order valence-corrected chi connectivity index (χ3v) is 2.88. The van der Waals surface area contributed by atoms with Crippen LogP contribution in [-0.4, -0.2) is 24.4 Å². The molecule has 2 aliphatic carbocycles. The molecule has 0 bridgehead atoms. The molecule has 1 heterocycles. The van der Waals surface area contributed by atoms with Crippen LogP contribution in [0.15, 0.2) is 28.4 Å². The van der Waals surface area contributed by atoms with E-state index in [9.17, 15) is 0 Å². The molecule has 1 aliphatic heterocycles. The summed E-state index contributed by atoms with van der Waals surface area (Å²) in [4.78, 5) is 9.89. The Morgan fingerprint density at radius 1 is 1.47 bits per heavy atom. The van der Waals surface area contributed by atoms with Gasteiger partial charge in [-0.25, -0.2) is 5.48 Å². The predicted molar refractivity (Wildman–Crippen MR) is 56.9 cm³/mol. The third-order valence-electron chi connectivity index (χ3n) is 2.88. The lowest BCUT2D eigenvalue weighted by Gasteiger charge is -2.13. The Hall–Kier alpha value is -1.23. The summed E-state index contributed by atoms with van der Waals surface area (Å²) in [6.45, 7) is 0. The molecule has 0 aromatic heterocycles. The van der Waals surface area contributed by atoms with Gasteiger partial charge in [0.15, 0.2) is 0 Å². The number of aliphatic imine (C=N–C) groups is 1. The van der Waals surface area contributed by atoms with Gasteiger partial charge in [-0.05, 0) is 25.3 Å². The van der Waals surface area contributed by atoms with E-state index in [1.165, 1.54) is 12.8 Å². The first kappa shape index (κ1) is 9.03. The molecule has 4 nitrogen and oxygen atoms in total. The van der Waals surface area contributed by atoms with Crippen molar-refractivity contribution in [2.75, 3.05) is 0 Å². The lowest BCUT2D eigenvalue weighted by Crippen LogP contribution is -2.22. The summed E-state index contributed by atoms with van der Waals surface area (Å²) in [5, 5.41) is 8.97. The molecule has 2 N–H and O–H groups in total. The largest absolute Gasteiger partial charge is 0.450 e. The van der Waals surface area contributed by atoms with E-state index in [0.29, 0.717) is 6.04 Å². The molecule has 77 valence electrons. The summed E-state index contributed by atoms with van der Waals surface area (Å²) in [5.74, 6) is 1.99. The Morgan fingerprint density at radius 3 is 3.07 bits per heavy atom. The summed E-state index contributed by atoms with van der Waals surface area (Å²) in [7, 11) is 1.15. The molecule has 1 saturated carbocycles. The van der Waals surface area contributed by atoms with E-state index < -0.39 is 0 Å². The average molecular weight is 203 g/mol. The molecule has 1 saturated heterocycles. The molecule has 15 heavy (non-hydrogen) atoms. The van der Waals surface area contributed by atoms with E-state index >= 15 is 0 Å². The fraction of sp³-hybridized carbons (Fsp3) is 0.500. The summed E-state index contributed by atoms with van der Waals surface area (Å²) in [5.41, 5.74) is 3.78. The van der Waals surface area contributed by atoms with Crippen LogP contribution in [0.25, 0.3) is 0 Å². The second-order valence-corrected chi connectivity index (χ2v) is 4.15. The first-order valence-electron chi connectivity index (χ1n) is 5.25. The van der Waals surface area contributed by atoms with Crippen LogP contribution in [0.4, 0.5) is 0 Å². The van der Waals surface area contributed by atoms with Gasteiger partial charge in [0.25, 0.3) is 0 Å². The Labute approximate surface area is 89.0 Å². The molecule has 0 amide bonds. The maximum absolute atomic E-state index is 8.97. The molecule has 3 rings (SSSR count). The van der Waals surface area contributed by atoms with Crippen molar-refractivity contribution in [2.45, 2.75) is 25.3 Å². The standard InChI is InChI=1S/C10H12BN2O2/c14-11-6-1-4-9-8(5-6)10(13-15-9)12-7-2-3-7/h1,4,7-8,14H,2-3,5H2,(H,12,13). The van der Waals surface area contributed by atoms with Gasteiger partial charge in [-0.15, -0.1) is 0 Å². The van der Waals surface area contributed by atoms with Crippen LogP contribution in [0.5, 0.6) is 0 Å². The van der Waals surface area contributed by atoms with Crippen LogP contribution in [0.3, 0.4) is 0 Å². The zero-order chi connectivity index (χ0) is 10.3. The molecular formula is C10H12BN2O2. The van der Waals surface area contributed by atoms with Crippen LogP contribution in [0.1, 0.15) is 19.3 Å². The van der Waals surface area contributed by atoms with Crippen molar-refractivity contribution >= 4 is 13.3 Å². The molecule has 1 radical (unpaired) electrons. The molecule has 5 heteroatoms. The smallest absolute Gasteiger partial charge is 0.322 e. The van der Waals surface area contributed by atoms with Crippen LogP contribution < -0.4 is 5.48 Å². The van der Waals surface area contributed by atoms with Gasteiger partial charge in [-0.1, -0.05) is 11.5 Å². The van der Waals surface area contributed by atoms with Gasteiger partial charge in [0.2, 0.25) is 0 Å². The highest BCUT2D eigenvalue weighted by Crippen LogP contribution is 2.32. The number of hydrogen-bond acceptors (Lipinski definition) is 3.